The van der Waals surface area contributed by atoms with Crippen molar-refractivity contribution in [3.8, 4) is 0 Å². The molecule has 0 spiro atoms. The summed E-state index contributed by atoms with van der Waals surface area (Å²) in [4.78, 5) is 55.3. The van der Waals surface area contributed by atoms with Crippen LogP contribution in [0.1, 0.15) is 46.5 Å². The van der Waals surface area contributed by atoms with Gasteiger partial charge in [0.2, 0.25) is 23.6 Å². The minimum Gasteiger partial charge on any atom is -0.339 e. The highest BCUT2D eigenvalue weighted by Gasteiger charge is 2.62. The molecule has 22 heteroatoms. The van der Waals surface area contributed by atoms with E-state index in [2.05, 4.69) is 51.6 Å². The molecular weight excluding hydrogens is 773 g/mol. The van der Waals surface area contributed by atoms with E-state index in [0.29, 0.717) is 12.8 Å². The summed E-state index contributed by atoms with van der Waals surface area (Å²) < 4.78 is 50.1. The van der Waals surface area contributed by atoms with Gasteiger partial charge in [0.25, 0.3) is 19.1 Å². The number of carbonyl (C=O) groups is 4. The molecule has 0 aromatic carbocycles. The van der Waals surface area contributed by atoms with Crippen LogP contribution in [0.25, 0.3) is 0 Å². The van der Waals surface area contributed by atoms with Gasteiger partial charge in [0, 0.05) is 56.1 Å². The molecule has 4 bridgehead atoms. The zero-order valence-corrected chi connectivity index (χ0v) is 33.4. The first-order valence-corrected chi connectivity index (χ1v) is 20.7. The molecular formula is C29H46Cl3N9O8S2. The molecule has 51 heavy (non-hydrogen) atoms. The second kappa shape index (κ2) is 18.4. The number of rotatable bonds is 8. The number of imidazole rings is 2. The van der Waals surface area contributed by atoms with Crippen LogP contribution in [0.5, 0.6) is 0 Å². The fraction of sp³-hybridized carbons (Fsp3) is 0.655. The van der Waals surface area contributed by atoms with E-state index in [1.165, 1.54) is 60.9 Å². The third-order valence-electron chi connectivity index (χ3n) is 9.09. The fourth-order valence-electron chi connectivity index (χ4n) is 5.74. The number of imide groups is 2. The highest BCUT2D eigenvalue weighted by Crippen LogP contribution is 2.47. The SMILES string of the molecule is CCN(CC)CC.CN(C12CC(C1)C(=O)NC2=O)S(=O)(=O)c1cn(C)cn1.CNC12CC(C1)C(=O)NC2=O.ClCCl.Cn1cnc(S(=O)(=O)Cl)c1. The molecule has 2 saturated carbocycles. The summed E-state index contributed by atoms with van der Waals surface area (Å²) in [6.07, 6.45) is 7.29. The van der Waals surface area contributed by atoms with Gasteiger partial charge in [-0.15, -0.1) is 23.2 Å². The van der Waals surface area contributed by atoms with Crippen LogP contribution in [-0.4, -0.2) is 119 Å². The van der Waals surface area contributed by atoms with Gasteiger partial charge in [-0.2, -0.15) is 4.31 Å². The Morgan fingerprint density at radius 2 is 1.24 bits per heavy atom. The lowest BCUT2D eigenvalue weighted by atomic mass is 9.64. The van der Waals surface area contributed by atoms with Gasteiger partial charge >= 0.3 is 0 Å². The van der Waals surface area contributed by atoms with E-state index in [4.69, 9.17) is 33.9 Å². The highest BCUT2D eigenvalue weighted by atomic mass is 35.7. The third-order valence-corrected chi connectivity index (χ3v) is 12.1. The van der Waals surface area contributed by atoms with Crippen LogP contribution in [0.15, 0.2) is 35.1 Å². The summed E-state index contributed by atoms with van der Waals surface area (Å²) in [5.41, 5.74) is -1.58. The first-order valence-electron chi connectivity index (χ1n) is 15.8. The Morgan fingerprint density at radius 3 is 1.53 bits per heavy atom. The third kappa shape index (κ3) is 10.5. The summed E-state index contributed by atoms with van der Waals surface area (Å²) in [7, 11) is 3.91. The van der Waals surface area contributed by atoms with E-state index in [1.54, 1.807) is 21.1 Å². The minimum absolute atomic E-state index is 0.0696. The lowest BCUT2D eigenvalue weighted by molar-refractivity contribution is -0.157. The summed E-state index contributed by atoms with van der Waals surface area (Å²) in [5.74, 6) is -1.35. The Bertz CT molecular complexity index is 1750. The zero-order chi connectivity index (χ0) is 38.9. The Morgan fingerprint density at radius 1 is 0.824 bits per heavy atom. The maximum absolute atomic E-state index is 12.5. The van der Waals surface area contributed by atoms with E-state index < -0.39 is 36.1 Å². The molecule has 8 rings (SSSR count). The van der Waals surface area contributed by atoms with Crippen molar-refractivity contribution < 1.29 is 36.0 Å². The molecule has 6 heterocycles. The number of alkyl halides is 2. The Balaban J connectivity index is 0.000000248. The summed E-state index contributed by atoms with van der Waals surface area (Å²) >= 11 is 9.53. The molecule has 4 amide bonds. The van der Waals surface area contributed by atoms with Crippen molar-refractivity contribution >= 4 is 76.6 Å². The van der Waals surface area contributed by atoms with Crippen LogP contribution in [0, 0.1) is 11.8 Å². The lowest BCUT2D eigenvalue weighted by Gasteiger charge is -2.52. The molecule has 2 aliphatic carbocycles. The molecule has 4 aliphatic heterocycles. The monoisotopic (exact) mass is 817 g/mol. The molecule has 6 fully saturated rings. The molecule has 4 saturated heterocycles. The van der Waals surface area contributed by atoms with Gasteiger partial charge < -0.3 is 19.4 Å². The highest BCUT2D eigenvalue weighted by molar-refractivity contribution is 8.13. The summed E-state index contributed by atoms with van der Waals surface area (Å²) in [6, 6.07) is 0. The second-order valence-corrected chi connectivity index (χ2v) is 17.3. The number of hydrogen-bond acceptors (Lipinski definition) is 12. The standard InChI is InChI=1S/C11H14N4O4S.C7H10N2O2.C6H15N.C4H5ClN2O2S.CH2Cl2/c1-14-5-8(12-6-14)20(18,19)15(2)11-3-7(4-11)9(16)13-10(11)17;1-8-7-2-4(3-7)5(10)9-6(7)11;1-4-7(5-2)6-3;1-7-2-4(6-3-7)10(5,8)9;2-1-3/h5-7H,3-4H2,1-2H3,(H,13,16,17);4,8H,2-3H2,1H3,(H,9,10,11);4-6H2,1-3H3;2-3H,1H3;1H2. The average molecular weight is 819 g/mol. The van der Waals surface area contributed by atoms with Crippen molar-refractivity contribution in [3.05, 3.63) is 25.0 Å². The average Bonchev–Trinajstić information content (AvgIpc) is 3.67. The molecule has 0 unspecified atom stereocenters. The number of nitrogens with one attached hydrogen (secondary N) is 3. The first kappa shape index (κ1) is 44.5. The zero-order valence-electron chi connectivity index (χ0n) is 29.5. The van der Waals surface area contributed by atoms with Gasteiger partial charge in [-0.05, 0) is 52.4 Å². The summed E-state index contributed by atoms with van der Waals surface area (Å²) in [6.45, 7) is 10.1. The first-order chi connectivity index (χ1) is 23.7. The predicted octanol–water partition coefficient (Wildman–Crippen LogP) is 0.974. The van der Waals surface area contributed by atoms with Gasteiger partial charge in [0.1, 0.15) is 5.54 Å². The smallest absolute Gasteiger partial charge is 0.280 e. The minimum atomic E-state index is -3.86. The maximum Gasteiger partial charge on any atom is 0.280 e. The second-order valence-electron chi connectivity index (χ2n) is 12.1. The number of piperidine rings is 4. The molecule has 6 aliphatic rings. The molecule has 0 radical (unpaired) electrons. The van der Waals surface area contributed by atoms with Gasteiger partial charge in [-0.3, -0.25) is 29.8 Å². The molecule has 2 aromatic rings. The van der Waals surface area contributed by atoms with Crippen LogP contribution in [0.4, 0.5) is 0 Å². The number of halogens is 3. The van der Waals surface area contributed by atoms with Gasteiger partial charge in [0.05, 0.1) is 23.5 Å². The van der Waals surface area contributed by atoms with E-state index in [0.717, 1.165) is 4.31 Å². The van der Waals surface area contributed by atoms with E-state index >= 15 is 0 Å². The molecule has 2 aromatic heterocycles. The van der Waals surface area contributed by atoms with Crippen molar-refractivity contribution in [3.63, 3.8) is 0 Å². The van der Waals surface area contributed by atoms with Crippen molar-refractivity contribution in [2.45, 2.75) is 67.6 Å². The number of amides is 4. The number of nitrogens with zero attached hydrogens (tertiary/aromatic N) is 6. The number of sulfonamides is 1. The quantitative estimate of drug-likeness (QED) is 0.193. The van der Waals surface area contributed by atoms with E-state index in [9.17, 15) is 36.0 Å². The summed E-state index contributed by atoms with van der Waals surface area (Å²) in [5, 5.41) is 7.48. The number of aromatic nitrogens is 4. The molecule has 3 N–H and O–H groups in total. The predicted molar refractivity (Wildman–Crippen MR) is 191 cm³/mol. The maximum atomic E-state index is 12.5. The Hall–Kier alpha value is -2.65. The largest absolute Gasteiger partial charge is 0.339 e. The van der Waals surface area contributed by atoms with Gasteiger partial charge in [-0.1, -0.05) is 20.8 Å². The topological polar surface area (TPSA) is 215 Å². The Kier molecular flexibility index (Phi) is 16.1. The van der Waals surface area contributed by atoms with Crippen LogP contribution in [-0.2, 0) is 52.3 Å². The number of likely N-dealkylation sites (N-methyl/N-ethyl adjacent to an activating group) is 2. The van der Waals surface area contributed by atoms with Gasteiger partial charge in [0.15, 0.2) is 10.1 Å². The molecule has 288 valence electrons. The molecule has 17 nitrogen and oxygen atoms in total. The van der Waals surface area contributed by atoms with E-state index in [1.807, 2.05) is 0 Å². The fourth-order valence-corrected chi connectivity index (χ4v) is 7.89. The number of fused-ring (bicyclic) bond motifs is 4. The lowest BCUT2D eigenvalue weighted by Crippen LogP contribution is -2.73. The van der Waals surface area contributed by atoms with Crippen LogP contribution in [0.3, 0.4) is 0 Å². The van der Waals surface area contributed by atoms with Crippen molar-refractivity contribution in [2.75, 3.05) is 39.1 Å². The van der Waals surface area contributed by atoms with Crippen LogP contribution in [0.2, 0.25) is 0 Å². The van der Waals surface area contributed by atoms with Crippen LogP contribution >= 0.6 is 33.9 Å². The Labute approximate surface area is 313 Å². The van der Waals surface area contributed by atoms with Gasteiger partial charge in [-0.25, -0.2) is 26.8 Å². The molecule has 0 atom stereocenters. The van der Waals surface area contributed by atoms with Crippen molar-refractivity contribution in [2.24, 2.45) is 25.9 Å². The number of aryl methyl sites for hydroxylation is 2. The number of hydrogen-bond donors (Lipinski definition) is 3. The number of carbonyl (C=O) groups excluding carboxylic acids is 4. The van der Waals surface area contributed by atoms with Crippen molar-refractivity contribution in [1.29, 1.82) is 0 Å². The van der Waals surface area contributed by atoms with Crippen LogP contribution < -0.4 is 16.0 Å². The normalized spacial score (nSPS) is 24.5. The van der Waals surface area contributed by atoms with E-state index in [-0.39, 0.29) is 57.8 Å². The van der Waals surface area contributed by atoms with Crippen molar-refractivity contribution in [1.82, 2.24) is 44.3 Å².